The van der Waals surface area contributed by atoms with Gasteiger partial charge in [0.1, 0.15) is 5.82 Å². The zero-order valence-corrected chi connectivity index (χ0v) is 12.0. The maximum atomic E-state index is 13.8. The number of halogens is 1. The molecule has 1 rings (SSSR count). The molecule has 1 aromatic carbocycles. The van der Waals surface area contributed by atoms with E-state index < -0.39 is 11.8 Å². The molecule has 0 aliphatic heterocycles. The van der Waals surface area contributed by atoms with E-state index in [0.717, 1.165) is 19.3 Å². The van der Waals surface area contributed by atoms with Crippen LogP contribution in [0.5, 0.6) is 0 Å². The molecule has 1 unspecified atom stereocenters. The van der Waals surface area contributed by atoms with Gasteiger partial charge in [0.25, 0.3) is 0 Å². The molecule has 2 nitrogen and oxygen atoms in total. The minimum Gasteiger partial charge on any atom is -0.459 e. The molecule has 0 heterocycles. The van der Waals surface area contributed by atoms with E-state index >= 15 is 0 Å². The quantitative estimate of drug-likeness (QED) is 0.530. The minimum absolute atomic E-state index is 0.0282. The molecular formula is C16H23FO2. The summed E-state index contributed by atoms with van der Waals surface area (Å²) in [6.45, 7) is 5.65. The van der Waals surface area contributed by atoms with Crippen molar-refractivity contribution in [2.24, 2.45) is 0 Å². The normalized spacial score (nSPS) is 12.2. The molecule has 0 N–H and O–H groups in total. The number of ether oxygens (including phenoxy) is 1. The Bertz CT molecular complexity index is 415. The van der Waals surface area contributed by atoms with Gasteiger partial charge in [-0.25, -0.2) is 9.18 Å². The van der Waals surface area contributed by atoms with Crippen LogP contribution in [0.4, 0.5) is 4.39 Å². The lowest BCUT2D eigenvalue weighted by molar-refractivity contribution is 0.0314. The molecule has 0 amide bonds. The van der Waals surface area contributed by atoms with Crippen molar-refractivity contribution in [1.29, 1.82) is 0 Å². The van der Waals surface area contributed by atoms with Crippen LogP contribution < -0.4 is 0 Å². The number of unbranched alkanes of at least 4 members (excludes halogenated alkanes) is 3. The zero-order chi connectivity index (χ0) is 14.3. The molecule has 0 aromatic heterocycles. The predicted molar refractivity (Wildman–Crippen MR) is 74.8 cm³/mol. The first-order chi connectivity index (χ1) is 9.06. The monoisotopic (exact) mass is 266 g/mol. The molecule has 19 heavy (non-hydrogen) atoms. The summed E-state index contributed by atoms with van der Waals surface area (Å²) in [5, 5.41) is 0. The smallest absolute Gasteiger partial charge is 0.341 e. The average Bonchev–Trinajstić information content (AvgIpc) is 2.38. The van der Waals surface area contributed by atoms with E-state index in [4.69, 9.17) is 4.74 Å². The van der Waals surface area contributed by atoms with Crippen LogP contribution >= 0.6 is 0 Å². The highest BCUT2D eigenvalue weighted by Gasteiger charge is 2.16. The van der Waals surface area contributed by atoms with Gasteiger partial charge in [-0.15, -0.1) is 0 Å². The highest BCUT2D eigenvalue weighted by molar-refractivity contribution is 5.90. The van der Waals surface area contributed by atoms with Gasteiger partial charge < -0.3 is 4.74 Å². The van der Waals surface area contributed by atoms with Crippen LogP contribution in [-0.2, 0) is 4.74 Å². The van der Waals surface area contributed by atoms with Crippen LogP contribution in [0.25, 0.3) is 0 Å². The Morgan fingerprint density at radius 1 is 1.32 bits per heavy atom. The third-order valence-corrected chi connectivity index (χ3v) is 3.18. The molecule has 1 atom stereocenters. The largest absolute Gasteiger partial charge is 0.459 e. The number of hydrogen-bond donors (Lipinski definition) is 0. The molecule has 1 aromatic rings. The van der Waals surface area contributed by atoms with E-state index in [1.54, 1.807) is 19.1 Å². The van der Waals surface area contributed by atoms with Gasteiger partial charge in [-0.3, -0.25) is 0 Å². The van der Waals surface area contributed by atoms with E-state index in [-0.39, 0.29) is 11.7 Å². The second-order valence-corrected chi connectivity index (χ2v) is 5.00. The molecule has 106 valence electrons. The standard InChI is InChI=1S/C16H23FO2/c1-4-5-6-7-10-13(3)19-16(18)14-11-8-9-12(2)15(14)17/h8-9,11,13H,4-7,10H2,1-3H3. The Kier molecular flexibility index (Phi) is 6.54. The maximum absolute atomic E-state index is 13.8. The number of carbonyl (C=O) groups excluding carboxylic acids is 1. The van der Waals surface area contributed by atoms with E-state index in [0.29, 0.717) is 5.56 Å². The van der Waals surface area contributed by atoms with E-state index in [1.807, 2.05) is 6.92 Å². The van der Waals surface area contributed by atoms with Crippen LogP contribution in [0.1, 0.15) is 61.9 Å². The molecule has 0 spiro atoms. The maximum Gasteiger partial charge on any atom is 0.341 e. The van der Waals surface area contributed by atoms with Gasteiger partial charge in [-0.2, -0.15) is 0 Å². The van der Waals surface area contributed by atoms with Crippen molar-refractivity contribution in [3.05, 3.63) is 35.1 Å². The third-order valence-electron chi connectivity index (χ3n) is 3.18. The first kappa shape index (κ1) is 15.7. The Morgan fingerprint density at radius 2 is 2.05 bits per heavy atom. The molecule has 0 saturated heterocycles. The van der Waals surface area contributed by atoms with Gasteiger partial charge in [0.2, 0.25) is 0 Å². The lowest BCUT2D eigenvalue weighted by Gasteiger charge is -2.13. The first-order valence-electron chi connectivity index (χ1n) is 7.02. The number of rotatable bonds is 7. The SMILES string of the molecule is CCCCCCC(C)OC(=O)c1cccc(C)c1F. The topological polar surface area (TPSA) is 26.3 Å². The summed E-state index contributed by atoms with van der Waals surface area (Å²) in [6.07, 6.45) is 5.24. The first-order valence-corrected chi connectivity index (χ1v) is 7.02. The molecule has 3 heteroatoms. The number of benzene rings is 1. The molecule has 0 radical (unpaired) electrons. The molecule has 0 fully saturated rings. The van der Waals surface area contributed by atoms with E-state index in [9.17, 15) is 9.18 Å². The van der Waals surface area contributed by atoms with E-state index in [1.165, 1.54) is 18.9 Å². The molecule has 0 bridgehead atoms. The molecule has 0 aliphatic rings. The van der Waals surface area contributed by atoms with Crippen molar-refractivity contribution in [2.75, 3.05) is 0 Å². The number of hydrogen-bond acceptors (Lipinski definition) is 2. The number of esters is 1. The summed E-state index contributed by atoms with van der Waals surface area (Å²) >= 11 is 0. The van der Waals surface area contributed by atoms with Crippen LogP contribution in [0.2, 0.25) is 0 Å². The van der Waals surface area contributed by atoms with Crippen molar-refractivity contribution >= 4 is 5.97 Å². The summed E-state index contributed by atoms with van der Waals surface area (Å²) in [7, 11) is 0. The molecule has 0 aliphatic carbocycles. The fourth-order valence-electron chi connectivity index (χ4n) is 1.97. The Morgan fingerprint density at radius 3 is 2.74 bits per heavy atom. The van der Waals surface area contributed by atoms with Crippen LogP contribution in [-0.4, -0.2) is 12.1 Å². The Labute approximate surface area is 115 Å². The number of aryl methyl sites for hydroxylation is 1. The summed E-state index contributed by atoms with van der Waals surface area (Å²) in [5.41, 5.74) is 0.491. The van der Waals surface area contributed by atoms with Crippen molar-refractivity contribution in [3.63, 3.8) is 0 Å². The van der Waals surface area contributed by atoms with E-state index in [2.05, 4.69) is 6.92 Å². The fourth-order valence-corrected chi connectivity index (χ4v) is 1.97. The molecule has 0 saturated carbocycles. The van der Waals surface area contributed by atoms with Crippen LogP contribution in [0.3, 0.4) is 0 Å². The highest BCUT2D eigenvalue weighted by atomic mass is 19.1. The third kappa shape index (κ3) is 5.01. The van der Waals surface area contributed by atoms with Gasteiger partial charge >= 0.3 is 5.97 Å². The Hall–Kier alpha value is -1.38. The van der Waals surface area contributed by atoms with Crippen LogP contribution in [0, 0.1) is 12.7 Å². The summed E-state index contributed by atoms with van der Waals surface area (Å²) in [4.78, 5) is 11.9. The number of carbonyl (C=O) groups is 1. The Balaban J connectivity index is 2.48. The van der Waals surface area contributed by atoms with Crippen LogP contribution in [0.15, 0.2) is 18.2 Å². The van der Waals surface area contributed by atoms with Gasteiger partial charge in [-0.05, 0) is 38.3 Å². The summed E-state index contributed by atoms with van der Waals surface area (Å²) < 4.78 is 19.0. The van der Waals surface area contributed by atoms with Crippen molar-refractivity contribution in [2.45, 2.75) is 59.0 Å². The lowest BCUT2D eigenvalue weighted by atomic mass is 10.1. The van der Waals surface area contributed by atoms with Gasteiger partial charge in [0.05, 0.1) is 11.7 Å². The van der Waals surface area contributed by atoms with Crippen molar-refractivity contribution in [3.8, 4) is 0 Å². The second kappa shape index (κ2) is 7.93. The summed E-state index contributed by atoms with van der Waals surface area (Å²) in [5.74, 6) is -1.05. The zero-order valence-electron chi connectivity index (χ0n) is 12.0. The van der Waals surface area contributed by atoms with Gasteiger partial charge in [0.15, 0.2) is 0 Å². The van der Waals surface area contributed by atoms with Crippen molar-refractivity contribution in [1.82, 2.24) is 0 Å². The predicted octanol–water partition coefficient (Wildman–Crippen LogP) is 4.65. The highest BCUT2D eigenvalue weighted by Crippen LogP contribution is 2.15. The van der Waals surface area contributed by atoms with Gasteiger partial charge in [0, 0.05) is 0 Å². The second-order valence-electron chi connectivity index (χ2n) is 5.00. The minimum atomic E-state index is -0.566. The molecular weight excluding hydrogens is 243 g/mol. The fraction of sp³-hybridized carbons (Fsp3) is 0.562. The van der Waals surface area contributed by atoms with Gasteiger partial charge in [-0.1, -0.05) is 38.3 Å². The summed E-state index contributed by atoms with van der Waals surface area (Å²) in [6, 6.07) is 4.77. The average molecular weight is 266 g/mol. The lowest BCUT2D eigenvalue weighted by Crippen LogP contribution is -2.16. The van der Waals surface area contributed by atoms with Crippen molar-refractivity contribution < 1.29 is 13.9 Å².